The number of hydrogen-bond acceptors (Lipinski definition) is 4. The molecule has 1 aromatic heterocycles. The first-order valence-corrected chi connectivity index (χ1v) is 10.3. The van der Waals surface area contributed by atoms with Gasteiger partial charge in [0.25, 0.3) is 0 Å². The Morgan fingerprint density at radius 1 is 1.14 bits per heavy atom. The van der Waals surface area contributed by atoms with Gasteiger partial charge in [0.15, 0.2) is 0 Å². The van der Waals surface area contributed by atoms with E-state index in [1.54, 1.807) is 12.3 Å². The van der Waals surface area contributed by atoms with Crippen molar-refractivity contribution >= 4 is 34.3 Å². The van der Waals surface area contributed by atoms with Crippen LogP contribution in [0.15, 0.2) is 48.7 Å². The van der Waals surface area contributed by atoms with E-state index in [9.17, 15) is 14.4 Å². The number of nitrogens with one attached hydrogen (secondary N) is 1. The molecule has 2 heterocycles. The molecule has 6 heteroatoms. The summed E-state index contributed by atoms with van der Waals surface area (Å²) in [5, 5.41) is 3.81. The molecule has 5 atom stereocenters. The second-order valence-corrected chi connectivity index (χ2v) is 8.21. The van der Waals surface area contributed by atoms with Crippen LogP contribution in [0.25, 0.3) is 10.9 Å². The van der Waals surface area contributed by atoms with Crippen molar-refractivity contribution in [1.29, 1.82) is 0 Å². The highest BCUT2D eigenvalue weighted by Gasteiger charge is 2.58. The molecule has 1 N–H and O–H groups in total. The van der Waals surface area contributed by atoms with Gasteiger partial charge in [0, 0.05) is 17.3 Å². The molecule has 2 bridgehead atoms. The van der Waals surface area contributed by atoms with E-state index in [1.165, 1.54) is 4.90 Å². The lowest BCUT2D eigenvalue weighted by Gasteiger charge is -2.38. The highest BCUT2D eigenvalue weighted by molar-refractivity contribution is 6.10. The van der Waals surface area contributed by atoms with E-state index in [-0.39, 0.29) is 41.4 Å². The normalized spacial score (nSPS) is 28.7. The van der Waals surface area contributed by atoms with Crippen LogP contribution in [0.5, 0.6) is 0 Å². The van der Waals surface area contributed by atoms with Crippen molar-refractivity contribution in [3.8, 4) is 0 Å². The molecule has 1 saturated carbocycles. The predicted molar refractivity (Wildman–Crippen MR) is 109 cm³/mol. The van der Waals surface area contributed by atoms with Crippen molar-refractivity contribution in [2.75, 3.05) is 5.32 Å². The Hall–Kier alpha value is -3.02. The van der Waals surface area contributed by atoms with Gasteiger partial charge in [-0.25, -0.2) is 0 Å². The van der Waals surface area contributed by atoms with Gasteiger partial charge >= 0.3 is 0 Å². The first kappa shape index (κ1) is 18.0. The molecule has 6 nitrogen and oxygen atoms in total. The lowest BCUT2D eigenvalue weighted by Crippen LogP contribution is -2.47. The third kappa shape index (κ3) is 2.77. The molecule has 148 valence electrons. The van der Waals surface area contributed by atoms with E-state index < -0.39 is 6.04 Å². The maximum absolute atomic E-state index is 13.2. The summed E-state index contributed by atoms with van der Waals surface area (Å²) in [4.78, 5) is 44.9. The highest BCUT2D eigenvalue weighted by Crippen LogP contribution is 2.50. The van der Waals surface area contributed by atoms with E-state index >= 15 is 0 Å². The summed E-state index contributed by atoms with van der Waals surface area (Å²) in [5.74, 6) is -1.01. The van der Waals surface area contributed by atoms with Crippen molar-refractivity contribution in [2.45, 2.75) is 32.2 Å². The van der Waals surface area contributed by atoms with Gasteiger partial charge in [0.2, 0.25) is 17.7 Å². The average molecular weight is 389 g/mol. The van der Waals surface area contributed by atoms with Crippen LogP contribution in [0.3, 0.4) is 0 Å². The maximum atomic E-state index is 13.2. The first-order valence-electron chi connectivity index (χ1n) is 10.3. The Morgan fingerprint density at radius 2 is 1.83 bits per heavy atom. The molecule has 6 rings (SSSR count). The monoisotopic (exact) mass is 389 g/mol. The van der Waals surface area contributed by atoms with Crippen molar-refractivity contribution in [1.82, 2.24) is 9.88 Å². The zero-order chi connectivity index (χ0) is 20.1. The van der Waals surface area contributed by atoms with E-state index in [1.807, 2.05) is 31.2 Å². The minimum atomic E-state index is -0.787. The number of carbonyl (C=O) groups excluding carboxylic acids is 3. The third-order valence-electron chi connectivity index (χ3n) is 6.67. The Labute approximate surface area is 169 Å². The van der Waals surface area contributed by atoms with Gasteiger partial charge in [0.05, 0.1) is 17.4 Å². The predicted octanol–water partition coefficient (Wildman–Crippen LogP) is 3.15. The smallest absolute Gasteiger partial charge is 0.247 e. The number of rotatable bonds is 4. The molecule has 0 spiro atoms. The van der Waals surface area contributed by atoms with Crippen LogP contribution < -0.4 is 5.32 Å². The fraction of sp³-hybridized carbons (Fsp3) is 0.391. The van der Waals surface area contributed by atoms with Crippen LogP contribution in [0.4, 0.5) is 5.69 Å². The number of anilines is 1. The number of likely N-dealkylation sites (tertiary alicyclic amines) is 1. The molecule has 3 aliphatic carbocycles. The Kier molecular flexibility index (Phi) is 4.23. The molecule has 2 fully saturated rings. The van der Waals surface area contributed by atoms with Crippen LogP contribution in [0.2, 0.25) is 0 Å². The zero-order valence-corrected chi connectivity index (χ0v) is 16.2. The van der Waals surface area contributed by atoms with Crippen molar-refractivity contribution in [3.63, 3.8) is 0 Å². The van der Waals surface area contributed by atoms with E-state index in [0.29, 0.717) is 12.1 Å². The molecule has 1 aliphatic heterocycles. The molecule has 1 saturated heterocycles. The maximum Gasteiger partial charge on any atom is 0.247 e. The quantitative estimate of drug-likeness (QED) is 0.644. The fourth-order valence-electron chi connectivity index (χ4n) is 5.27. The fourth-order valence-corrected chi connectivity index (χ4v) is 5.27. The summed E-state index contributed by atoms with van der Waals surface area (Å²) in [6, 6.07) is 8.47. The van der Waals surface area contributed by atoms with Gasteiger partial charge in [-0.2, -0.15) is 0 Å². The number of benzene rings is 1. The lowest BCUT2D eigenvalue weighted by molar-refractivity contribution is -0.146. The van der Waals surface area contributed by atoms with Gasteiger partial charge in [-0.05, 0) is 55.4 Å². The summed E-state index contributed by atoms with van der Waals surface area (Å²) in [5.41, 5.74) is 1.47. The number of aromatic nitrogens is 1. The Bertz CT molecular complexity index is 1010. The van der Waals surface area contributed by atoms with Crippen LogP contribution in [0.1, 0.15) is 26.2 Å². The van der Waals surface area contributed by atoms with Gasteiger partial charge in [-0.15, -0.1) is 0 Å². The minimum absolute atomic E-state index is 0.125. The molecule has 0 unspecified atom stereocenters. The molecule has 1 aromatic carbocycles. The van der Waals surface area contributed by atoms with Crippen LogP contribution in [0, 0.1) is 23.7 Å². The van der Waals surface area contributed by atoms with Crippen LogP contribution >= 0.6 is 0 Å². The summed E-state index contributed by atoms with van der Waals surface area (Å²) >= 11 is 0. The summed E-state index contributed by atoms with van der Waals surface area (Å²) < 4.78 is 0. The average Bonchev–Trinajstić information content (AvgIpc) is 3.03. The zero-order valence-electron chi connectivity index (χ0n) is 16.2. The summed E-state index contributed by atoms with van der Waals surface area (Å²) in [6.45, 7) is 1.84. The molecule has 3 amide bonds. The van der Waals surface area contributed by atoms with Crippen LogP contribution in [-0.4, -0.2) is 33.6 Å². The number of fused-ring (bicyclic) bond motifs is 2. The molecule has 0 radical (unpaired) electrons. The second-order valence-electron chi connectivity index (χ2n) is 8.21. The topological polar surface area (TPSA) is 79.4 Å². The SMILES string of the molecule is CC[C@H](C(=O)Nc1ccc2ncccc2c1)N1C(=O)[C@H]2[C@H](C1=O)[C@H]1C=C[C@H]2CC1. The van der Waals surface area contributed by atoms with Crippen molar-refractivity contribution in [3.05, 3.63) is 48.7 Å². The standard InChI is InChI=1S/C23H23N3O3/c1-2-18(21(27)25-16-9-10-17-15(12-16)4-3-11-24-17)26-22(28)19-13-5-6-14(8-7-13)20(19)23(26)29/h3-6,9-14,18-20H,2,7-8H2,1H3,(H,25,27)/t13-,14-,18+,19+,20+/m0/s1. The van der Waals surface area contributed by atoms with Gasteiger partial charge in [-0.1, -0.05) is 25.1 Å². The van der Waals surface area contributed by atoms with E-state index in [4.69, 9.17) is 0 Å². The Morgan fingerprint density at radius 3 is 2.45 bits per heavy atom. The summed E-state index contributed by atoms with van der Waals surface area (Å²) in [7, 11) is 0. The second kappa shape index (κ2) is 6.79. The first-order chi connectivity index (χ1) is 14.1. The number of allylic oxidation sites excluding steroid dienone is 2. The highest BCUT2D eigenvalue weighted by atomic mass is 16.2. The number of hydrogen-bond donors (Lipinski definition) is 1. The third-order valence-corrected chi connectivity index (χ3v) is 6.67. The van der Waals surface area contributed by atoms with Gasteiger partial charge < -0.3 is 5.32 Å². The van der Waals surface area contributed by atoms with Gasteiger partial charge in [0.1, 0.15) is 6.04 Å². The van der Waals surface area contributed by atoms with Crippen molar-refractivity contribution in [2.24, 2.45) is 23.7 Å². The van der Waals surface area contributed by atoms with E-state index in [0.717, 1.165) is 23.7 Å². The Balaban J connectivity index is 1.40. The van der Waals surface area contributed by atoms with Crippen LogP contribution in [-0.2, 0) is 14.4 Å². The largest absolute Gasteiger partial charge is 0.324 e. The molecule has 4 aliphatic rings. The number of nitrogens with zero attached hydrogens (tertiary/aromatic N) is 2. The number of carbonyl (C=O) groups is 3. The molecular weight excluding hydrogens is 366 g/mol. The minimum Gasteiger partial charge on any atom is -0.324 e. The number of imide groups is 1. The van der Waals surface area contributed by atoms with Crippen molar-refractivity contribution < 1.29 is 14.4 Å². The van der Waals surface area contributed by atoms with Gasteiger partial charge in [-0.3, -0.25) is 24.3 Å². The summed E-state index contributed by atoms with van der Waals surface area (Å²) in [6.07, 6.45) is 8.19. The lowest BCUT2D eigenvalue weighted by atomic mass is 9.63. The molecule has 29 heavy (non-hydrogen) atoms. The number of amides is 3. The van der Waals surface area contributed by atoms with E-state index in [2.05, 4.69) is 22.5 Å². The molecular formula is C23H23N3O3. The molecule has 2 aromatic rings. The number of pyridine rings is 1.